The summed E-state index contributed by atoms with van der Waals surface area (Å²) >= 11 is 6.42. The van der Waals surface area contributed by atoms with Crippen molar-refractivity contribution in [1.29, 1.82) is 0 Å². The molecular weight excluding hydrogens is 420 g/mol. The zero-order valence-corrected chi connectivity index (χ0v) is 17.7. The minimum Gasteiger partial charge on any atom is -0.481 e. The van der Waals surface area contributed by atoms with Gasteiger partial charge in [-0.05, 0) is 48.4 Å². The second-order valence-corrected chi connectivity index (χ2v) is 8.22. The second-order valence-electron chi connectivity index (χ2n) is 7.81. The first-order valence-electron chi connectivity index (χ1n) is 10.3. The summed E-state index contributed by atoms with van der Waals surface area (Å²) in [5, 5.41) is 9.38. The summed E-state index contributed by atoms with van der Waals surface area (Å²) in [6.45, 7) is 1.20. The SMILES string of the molecule is O=C(O)CCc1ccc(/C(=C\CN2CCOC2=O)c2ccc(C3CC3)c(=O)[nH]2)cc1Cl. The highest BCUT2D eigenvalue weighted by atomic mass is 35.5. The van der Waals surface area contributed by atoms with E-state index < -0.39 is 5.97 Å². The Bertz CT molecular complexity index is 1100. The summed E-state index contributed by atoms with van der Waals surface area (Å²) in [6.07, 6.45) is 3.91. The molecule has 2 fully saturated rings. The largest absolute Gasteiger partial charge is 0.481 e. The van der Waals surface area contributed by atoms with Crippen molar-refractivity contribution in [2.24, 2.45) is 0 Å². The average molecular weight is 443 g/mol. The lowest BCUT2D eigenvalue weighted by atomic mass is 9.98. The molecular formula is C23H23ClN2O5. The first-order valence-corrected chi connectivity index (χ1v) is 10.7. The van der Waals surface area contributed by atoms with Gasteiger partial charge in [0.15, 0.2) is 0 Å². The van der Waals surface area contributed by atoms with E-state index in [2.05, 4.69) is 4.98 Å². The van der Waals surface area contributed by atoms with Crippen LogP contribution in [0.25, 0.3) is 5.57 Å². The van der Waals surface area contributed by atoms with Crippen molar-refractivity contribution < 1.29 is 19.4 Å². The first-order chi connectivity index (χ1) is 14.9. The molecule has 2 heterocycles. The van der Waals surface area contributed by atoms with Crippen LogP contribution < -0.4 is 5.56 Å². The fourth-order valence-corrected chi connectivity index (χ4v) is 3.97. The molecule has 0 bridgehead atoms. The predicted octanol–water partition coefficient (Wildman–Crippen LogP) is 3.81. The average Bonchev–Trinajstić information content (AvgIpc) is 3.49. The van der Waals surface area contributed by atoms with E-state index in [1.807, 2.05) is 24.3 Å². The molecule has 8 heteroatoms. The van der Waals surface area contributed by atoms with Gasteiger partial charge in [0.1, 0.15) is 6.61 Å². The van der Waals surface area contributed by atoms with Crippen molar-refractivity contribution in [3.63, 3.8) is 0 Å². The number of cyclic esters (lactones) is 1. The van der Waals surface area contributed by atoms with Gasteiger partial charge in [0.05, 0.1) is 6.54 Å². The molecule has 7 nitrogen and oxygen atoms in total. The van der Waals surface area contributed by atoms with Crippen molar-refractivity contribution >= 4 is 29.2 Å². The van der Waals surface area contributed by atoms with E-state index >= 15 is 0 Å². The summed E-state index contributed by atoms with van der Waals surface area (Å²) in [5.74, 6) is -0.542. The molecule has 1 saturated carbocycles. The molecule has 162 valence electrons. The predicted molar refractivity (Wildman–Crippen MR) is 116 cm³/mol. The van der Waals surface area contributed by atoms with Gasteiger partial charge in [-0.3, -0.25) is 9.59 Å². The van der Waals surface area contributed by atoms with Crippen LogP contribution in [0, 0.1) is 0 Å². The zero-order chi connectivity index (χ0) is 22.0. The molecule has 2 N–H and O–H groups in total. The molecule has 1 aromatic carbocycles. The lowest BCUT2D eigenvalue weighted by Gasteiger charge is -2.14. The summed E-state index contributed by atoms with van der Waals surface area (Å²) in [5.41, 5.74) is 3.59. The lowest BCUT2D eigenvalue weighted by molar-refractivity contribution is -0.136. The monoisotopic (exact) mass is 442 g/mol. The van der Waals surface area contributed by atoms with Crippen LogP contribution >= 0.6 is 11.6 Å². The van der Waals surface area contributed by atoms with E-state index in [9.17, 15) is 14.4 Å². The number of carboxylic acid groups (broad SMARTS) is 1. The van der Waals surface area contributed by atoms with E-state index in [0.29, 0.717) is 42.8 Å². The Balaban J connectivity index is 1.67. The second kappa shape index (κ2) is 8.98. The number of H-pyrrole nitrogens is 1. The number of aromatic nitrogens is 1. The van der Waals surface area contributed by atoms with Gasteiger partial charge in [0, 0.05) is 34.8 Å². The van der Waals surface area contributed by atoms with Crippen molar-refractivity contribution in [2.45, 2.75) is 31.6 Å². The fourth-order valence-electron chi connectivity index (χ4n) is 3.69. The highest BCUT2D eigenvalue weighted by Crippen LogP contribution is 2.38. The van der Waals surface area contributed by atoms with Crippen LogP contribution in [0.4, 0.5) is 4.79 Å². The number of nitrogens with one attached hydrogen (secondary N) is 1. The van der Waals surface area contributed by atoms with E-state index in [1.165, 1.54) is 0 Å². The van der Waals surface area contributed by atoms with Crippen LogP contribution in [-0.2, 0) is 16.0 Å². The summed E-state index contributed by atoms with van der Waals surface area (Å²) < 4.78 is 4.99. The van der Waals surface area contributed by atoms with Gasteiger partial charge >= 0.3 is 12.1 Å². The molecule has 0 spiro atoms. The Hall–Kier alpha value is -3.06. The number of hydrogen-bond donors (Lipinski definition) is 2. The minimum atomic E-state index is -0.883. The van der Waals surface area contributed by atoms with E-state index in [-0.39, 0.29) is 18.1 Å². The number of rotatable bonds is 8. The fraction of sp³-hybridized carbons (Fsp3) is 0.348. The molecule has 0 radical (unpaired) electrons. The molecule has 1 aromatic heterocycles. The lowest BCUT2D eigenvalue weighted by Crippen LogP contribution is -2.24. The Kier molecular flexibility index (Phi) is 6.13. The Morgan fingerprint density at radius 2 is 2.06 bits per heavy atom. The van der Waals surface area contributed by atoms with Crippen molar-refractivity contribution in [2.75, 3.05) is 19.7 Å². The topological polar surface area (TPSA) is 99.7 Å². The first kappa shape index (κ1) is 21.2. The minimum absolute atomic E-state index is 0.00518. The van der Waals surface area contributed by atoms with E-state index in [0.717, 1.165) is 35.1 Å². The third kappa shape index (κ3) is 4.99. The third-order valence-corrected chi connectivity index (χ3v) is 5.93. The third-order valence-electron chi connectivity index (χ3n) is 5.58. The number of benzene rings is 1. The molecule has 31 heavy (non-hydrogen) atoms. The molecule has 0 atom stereocenters. The van der Waals surface area contributed by atoms with Gasteiger partial charge < -0.3 is 19.7 Å². The van der Waals surface area contributed by atoms with Gasteiger partial charge in [-0.2, -0.15) is 0 Å². The van der Waals surface area contributed by atoms with Gasteiger partial charge in [-0.25, -0.2) is 4.79 Å². The Labute approximate surface area is 184 Å². The molecule has 2 aromatic rings. The number of hydrogen-bond acceptors (Lipinski definition) is 4. The molecule has 1 aliphatic heterocycles. The number of aromatic amines is 1. The molecule has 1 aliphatic carbocycles. The number of pyridine rings is 1. The zero-order valence-electron chi connectivity index (χ0n) is 16.9. The number of ether oxygens (including phenoxy) is 1. The highest BCUT2D eigenvalue weighted by molar-refractivity contribution is 6.31. The van der Waals surface area contributed by atoms with Crippen molar-refractivity contribution in [3.05, 3.63) is 74.2 Å². The maximum atomic E-state index is 12.6. The van der Waals surface area contributed by atoms with E-state index in [1.54, 1.807) is 17.0 Å². The number of aliphatic carboxylic acids is 1. The van der Waals surface area contributed by atoms with Gasteiger partial charge in [-0.15, -0.1) is 0 Å². The Morgan fingerprint density at radius 3 is 2.68 bits per heavy atom. The summed E-state index contributed by atoms with van der Waals surface area (Å²) in [7, 11) is 0. The number of aryl methyl sites for hydroxylation is 1. The molecule has 1 amide bonds. The maximum absolute atomic E-state index is 12.6. The molecule has 0 unspecified atom stereocenters. The van der Waals surface area contributed by atoms with E-state index in [4.69, 9.17) is 21.4 Å². The smallest absolute Gasteiger partial charge is 0.410 e. The van der Waals surface area contributed by atoms with Crippen LogP contribution in [0.5, 0.6) is 0 Å². The number of nitrogens with zero attached hydrogens (tertiary/aromatic N) is 1. The normalized spacial score (nSPS) is 16.5. The van der Waals surface area contributed by atoms with Crippen molar-refractivity contribution in [3.8, 4) is 0 Å². The Morgan fingerprint density at radius 1 is 1.26 bits per heavy atom. The number of carbonyl (C=O) groups is 2. The summed E-state index contributed by atoms with van der Waals surface area (Å²) in [4.78, 5) is 39.8. The molecule has 1 saturated heterocycles. The highest BCUT2D eigenvalue weighted by Gasteiger charge is 2.26. The number of carboxylic acids is 1. The standard InChI is InChI=1S/C23H23ClN2O5/c24-19-13-16(4-3-15(19)5-8-21(27)28)17(9-10-26-11-12-31-23(26)30)20-7-6-18(14-1-2-14)22(29)25-20/h3-4,6-7,9,13-14H,1-2,5,8,10-12H2,(H,25,29)(H,27,28)/b17-9+. The van der Waals surface area contributed by atoms with Gasteiger partial charge in [0.25, 0.3) is 5.56 Å². The van der Waals surface area contributed by atoms with Crippen LogP contribution in [0.1, 0.15) is 47.6 Å². The van der Waals surface area contributed by atoms with Crippen LogP contribution in [0.2, 0.25) is 5.02 Å². The summed E-state index contributed by atoms with van der Waals surface area (Å²) in [6, 6.07) is 9.17. The quantitative estimate of drug-likeness (QED) is 0.647. The number of halogens is 1. The van der Waals surface area contributed by atoms with Gasteiger partial charge in [-0.1, -0.05) is 35.9 Å². The molecule has 2 aliphatic rings. The maximum Gasteiger partial charge on any atom is 0.410 e. The molecule has 4 rings (SSSR count). The van der Waals surface area contributed by atoms with Crippen LogP contribution in [0.3, 0.4) is 0 Å². The van der Waals surface area contributed by atoms with Crippen molar-refractivity contribution in [1.82, 2.24) is 9.88 Å². The number of carbonyl (C=O) groups excluding carboxylic acids is 1. The van der Waals surface area contributed by atoms with Crippen LogP contribution in [0.15, 0.2) is 41.2 Å². The number of amides is 1. The van der Waals surface area contributed by atoms with Crippen LogP contribution in [-0.4, -0.2) is 46.7 Å². The van der Waals surface area contributed by atoms with Gasteiger partial charge in [0.2, 0.25) is 0 Å².